The maximum atomic E-state index is 14.4. The number of nitrogens with one attached hydrogen (secondary N) is 1. The van der Waals surface area contributed by atoms with Crippen LogP contribution in [-0.4, -0.2) is 43.1 Å². The standard InChI is InChI=1S/C22H21F2N7O/c23-15-3-4-18(24)16(12-15)19-2-1-8-30(19)20-5-9-31-21(28-20)17(13-27-31)22(32)26-7-11-29-10-6-25-14-29/h3-6,9-10,12-14,19H,1-2,7-8,11H2,(H,26,32). The molecule has 1 aromatic carbocycles. The molecule has 4 heterocycles. The van der Waals surface area contributed by atoms with Gasteiger partial charge in [-0.3, -0.25) is 4.79 Å². The molecule has 1 aliphatic heterocycles. The molecule has 4 aromatic rings. The second-order valence-corrected chi connectivity index (χ2v) is 7.69. The Morgan fingerprint density at radius 3 is 2.97 bits per heavy atom. The van der Waals surface area contributed by atoms with Crippen LogP contribution >= 0.6 is 0 Å². The van der Waals surface area contributed by atoms with Crippen LogP contribution in [0, 0.1) is 11.6 Å². The molecule has 32 heavy (non-hydrogen) atoms. The number of anilines is 1. The summed E-state index contributed by atoms with van der Waals surface area (Å²) in [6.07, 6.45) is 9.90. The van der Waals surface area contributed by atoms with E-state index in [0.29, 0.717) is 48.6 Å². The van der Waals surface area contributed by atoms with Gasteiger partial charge < -0.3 is 14.8 Å². The number of carbonyl (C=O) groups excluding carboxylic acids is 1. The van der Waals surface area contributed by atoms with Gasteiger partial charge in [-0.1, -0.05) is 0 Å². The van der Waals surface area contributed by atoms with Gasteiger partial charge in [-0.25, -0.2) is 23.3 Å². The summed E-state index contributed by atoms with van der Waals surface area (Å²) in [5.41, 5.74) is 1.08. The van der Waals surface area contributed by atoms with Crippen molar-refractivity contribution in [3.63, 3.8) is 0 Å². The van der Waals surface area contributed by atoms with E-state index in [0.717, 1.165) is 18.6 Å². The van der Waals surface area contributed by atoms with Gasteiger partial charge in [0.15, 0.2) is 5.65 Å². The first kappa shape index (κ1) is 20.1. The average Bonchev–Trinajstić information content (AvgIpc) is 3.55. The van der Waals surface area contributed by atoms with Crippen LogP contribution in [0.5, 0.6) is 0 Å². The molecule has 1 saturated heterocycles. The van der Waals surface area contributed by atoms with Crippen molar-refractivity contribution in [1.29, 1.82) is 0 Å². The largest absolute Gasteiger partial charge is 0.350 e. The normalized spacial score (nSPS) is 16.1. The van der Waals surface area contributed by atoms with Crippen molar-refractivity contribution in [3.05, 3.63) is 78.1 Å². The van der Waals surface area contributed by atoms with Crippen LogP contribution in [0.15, 0.2) is 55.4 Å². The zero-order valence-electron chi connectivity index (χ0n) is 17.2. The number of nitrogens with zero attached hydrogens (tertiary/aromatic N) is 6. The number of rotatable bonds is 6. The van der Waals surface area contributed by atoms with Gasteiger partial charge in [-0.2, -0.15) is 5.10 Å². The van der Waals surface area contributed by atoms with Crippen molar-refractivity contribution >= 4 is 17.4 Å². The van der Waals surface area contributed by atoms with Gasteiger partial charge in [0.1, 0.15) is 23.0 Å². The highest BCUT2D eigenvalue weighted by Gasteiger charge is 2.30. The molecule has 0 bridgehead atoms. The van der Waals surface area contributed by atoms with E-state index >= 15 is 0 Å². The van der Waals surface area contributed by atoms with Crippen molar-refractivity contribution in [2.24, 2.45) is 0 Å². The summed E-state index contributed by atoms with van der Waals surface area (Å²) in [6.45, 7) is 1.68. The maximum Gasteiger partial charge on any atom is 0.256 e. The number of imidazole rings is 1. The molecule has 10 heteroatoms. The van der Waals surface area contributed by atoms with E-state index in [4.69, 9.17) is 0 Å². The number of amides is 1. The van der Waals surface area contributed by atoms with E-state index in [1.807, 2.05) is 15.7 Å². The number of hydrogen-bond acceptors (Lipinski definition) is 5. The van der Waals surface area contributed by atoms with Gasteiger partial charge in [-0.15, -0.1) is 0 Å². The van der Waals surface area contributed by atoms with Crippen LogP contribution in [0.2, 0.25) is 0 Å². The molecule has 8 nitrogen and oxygen atoms in total. The van der Waals surface area contributed by atoms with Crippen molar-refractivity contribution in [2.45, 2.75) is 25.4 Å². The lowest BCUT2D eigenvalue weighted by atomic mass is 10.0. The Morgan fingerprint density at radius 1 is 1.22 bits per heavy atom. The first-order valence-electron chi connectivity index (χ1n) is 10.4. The van der Waals surface area contributed by atoms with E-state index in [1.165, 1.54) is 16.8 Å². The van der Waals surface area contributed by atoms with Gasteiger partial charge in [-0.05, 0) is 37.1 Å². The van der Waals surface area contributed by atoms with E-state index in [-0.39, 0.29) is 11.9 Å². The molecule has 1 atom stereocenters. The first-order valence-corrected chi connectivity index (χ1v) is 10.4. The quantitative estimate of drug-likeness (QED) is 0.502. The fourth-order valence-electron chi connectivity index (χ4n) is 4.13. The summed E-state index contributed by atoms with van der Waals surface area (Å²) >= 11 is 0. The minimum absolute atomic E-state index is 0.279. The van der Waals surface area contributed by atoms with Crippen LogP contribution < -0.4 is 10.2 Å². The Balaban J connectivity index is 1.39. The predicted molar refractivity (Wildman–Crippen MR) is 113 cm³/mol. The molecule has 1 fully saturated rings. The molecule has 5 rings (SSSR count). The summed E-state index contributed by atoms with van der Waals surface area (Å²) in [7, 11) is 0. The molecule has 0 saturated carbocycles. The summed E-state index contributed by atoms with van der Waals surface area (Å²) in [5.74, 6) is -0.593. The van der Waals surface area contributed by atoms with Gasteiger partial charge in [0.25, 0.3) is 5.91 Å². The van der Waals surface area contributed by atoms with Crippen LogP contribution in [0.25, 0.3) is 5.65 Å². The van der Waals surface area contributed by atoms with Gasteiger partial charge in [0, 0.05) is 43.8 Å². The molecule has 0 spiro atoms. The molecule has 3 aromatic heterocycles. The van der Waals surface area contributed by atoms with Gasteiger partial charge in [0.2, 0.25) is 0 Å². The number of fused-ring (bicyclic) bond motifs is 1. The summed E-state index contributed by atoms with van der Waals surface area (Å²) in [6, 6.07) is 4.97. The summed E-state index contributed by atoms with van der Waals surface area (Å²) < 4.78 is 31.6. The van der Waals surface area contributed by atoms with Gasteiger partial charge >= 0.3 is 0 Å². The van der Waals surface area contributed by atoms with E-state index in [1.54, 1.807) is 24.8 Å². The number of benzene rings is 1. The Morgan fingerprint density at radius 2 is 2.12 bits per heavy atom. The van der Waals surface area contributed by atoms with Crippen molar-refractivity contribution in [2.75, 3.05) is 18.0 Å². The molecule has 1 unspecified atom stereocenters. The molecule has 1 N–H and O–H groups in total. The monoisotopic (exact) mass is 437 g/mol. The fraction of sp³-hybridized carbons (Fsp3) is 0.273. The topological polar surface area (TPSA) is 80.3 Å². The lowest BCUT2D eigenvalue weighted by Crippen LogP contribution is -2.27. The Labute approximate surface area is 182 Å². The van der Waals surface area contributed by atoms with Crippen LogP contribution in [0.3, 0.4) is 0 Å². The summed E-state index contributed by atoms with van der Waals surface area (Å²) in [5, 5.41) is 7.09. The zero-order valence-corrected chi connectivity index (χ0v) is 17.2. The van der Waals surface area contributed by atoms with E-state index < -0.39 is 11.6 Å². The number of hydrogen-bond donors (Lipinski definition) is 1. The second kappa shape index (κ2) is 8.37. The predicted octanol–water partition coefficient (Wildman–Crippen LogP) is 2.98. The third kappa shape index (κ3) is 3.79. The minimum atomic E-state index is -0.470. The number of aromatic nitrogens is 5. The molecule has 1 amide bonds. The zero-order chi connectivity index (χ0) is 22.1. The summed E-state index contributed by atoms with van der Waals surface area (Å²) in [4.78, 5) is 23.3. The van der Waals surface area contributed by atoms with Crippen LogP contribution in [-0.2, 0) is 6.54 Å². The lowest BCUT2D eigenvalue weighted by molar-refractivity contribution is 0.0953. The Hall–Kier alpha value is -3.82. The molecular weight excluding hydrogens is 416 g/mol. The van der Waals surface area contributed by atoms with Crippen LogP contribution in [0.1, 0.15) is 34.8 Å². The van der Waals surface area contributed by atoms with E-state index in [9.17, 15) is 13.6 Å². The maximum absolute atomic E-state index is 14.4. The SMILES string of the molecule is O=C(NCCn1ccnc1)c1cnn2ccc(N3CCCC3c3cc(F)ccc3F)nc12. The smallest absolute Gasteiger partial charge is 0.256 e. The minimum Gasteiger partial charge on any atom is -0.350 e. The lowest BCUT2D eigenvalue weighted by Gasteiger charge is -2.26. The van der Waals surface area contributed by atoms with Crippen molar-refractivity contribution < 1.29 is 13.6 Å². The van der Waals surface area contributed by atoms with Crippen LogP contribution in [0.4, 0.5) is 14.6 Å². The van der Waals surface area contributed by atoms with Gasteiger partial charge in [0.05, 0.1) is 18.6 Å². The van der Waals surface area contributed by atoms with E-state index in [2.05, 4.69) is 20.4 Å². The van der Waals surface area contributed by atoms with Crippen molar-refractivity contribution in [3.8, 4) is 0 Å². The third-order valence-corrected chi connectivity index (χ3v) is 5.68. The molecule has 1 aliphatic rings. The highest BCUT2D eigenvalue weighted by molar-refractivity contribution is 5.99. The number of carbonyl (C=O) groups is 1. The number of halogens is 2. The average molecular weight is 437 g/mol. The highest BCUT2D eigenvalue weighted by atomic mass is 19.1. The molecular formula is C22H21F2N7O. The molecule has 164 valence electrons. The highest BCUT2D eigenvalue weighted by Crippen LogP contribution is 2.36. The second-order valence-electron chi connectivity index (χ2n) is 7.69. The molecule has 0 radical (unpaired) electrons. The Kier molecular flexibility index (Phi) is 5.26. The Bertz CT molecular complexity index is 1250. The first-order chi connectivity index (χ1) is 15.6. The van der Waals surface area contributed by atoms with Crippen molar-refractivity contribution in [1.82, 2.24) is 29.5 Å². The fourth-order valence-corrected chi connectivity index (χ4v) is 4.13. The third-order valence-electron chi connectivity index (χ3n) is 5.68. The molecule has 0 aliphatic carbocycles.